The second kappa shape index (κ2) is 5.43. The Labute approximate surface area is 109 Å². The van der Waals surface area contributed by atoms with Gasteiger partial charge in [0.05, 0.1) is 6.04 Å². The molecule has 0 saturated carbocycles. The molecule has 100 valence electrons. The van der Waals surface area contributed by atoms with Gasteiger partial charge in [-0.1, -0.05) is 26.7 Å². The van der Waals surface area contributed by atoms with Crippen LogP contribution in [0.5, 0.6) is 0 Å². The fraction of sp³-hybridized carbons (Fsp3) is 0.714. The number of nitrogens with zero attached hydrogens (tertiary/aromatic N) is 1. The van der Waals surface area contributed by atoms with E-state index in [2.05, 4.69) is 11.2 Å². The summed E-state index contributed by atoms with van der Waals surface area (Å²) in [6.07, 6.45) is 7.30. The standard InChI is InChI=1S/C14H22N2O2/c1-6-11(7-2)16-10(5)12(17)15-14(8-3,9-4)13(16)18/h1,10-11H,7-9H2,2-5H3,(H,15,17). The molecule has 0 aromatic heterocycles. The molecule has 0 aromatic carbocycles. The van der Waals surface area contributed by atoms with E-state index in [4.69, 9.17) is 6.42 Å². The van der Waals surface area contributed by atoms with Crippen molar-refractivity contribution in [3.63, 3.8) is 0 Å². The van der Waals surface area contributed by atoms with Gasteiger partial charge in [0.15, 0.2) is 0 Å². The van der Waals surface area contributed by atoms with Crippen molar-refractivity contribution in [2.45, 2.75) is 64.6 Å². The summed E-state index contributed by atoms with van der Waals surface area (Å²) < 4.78 is 0. The van der Waals surface area contributed by atoms with Crippen LogP contribution in [0.1, 0.15) is 47.0 Å². The molecule has 2 amide bonds. The van der Waals surface area contributed by atoms with Gasteiger partial charge in [-0.2, -0.15) is 0 Å². The molecule has 18 heavy (non-hydrogen) atoms. The number of amides is 2. The van der Waals surface area contributed by atoms with Crippen LogP contribution in [0.4, 0.5) is 0 Å². The van der Waals surface area contributed by atoms with Crippen LogP contribution in [-0.4, -0.2) is 34.3 Å². The fourth-order valence-corrected chi connectivity index (χ4v) is 2.48. The van der Waals surface area contributed by atoms with Crippen molar-refractivity contribution < 1.29 is 9.59 Å². The molecule has 1 fully saturated rings. The largest absolute Gasteiger partial charge is 0.340 e. The third kappa shape index (κ3) is 2.10. The summed E-state index contributed by atoms with van der Waals surface area (Å²) in [6.45, 7) is 7.47. The highest BCUT2D eigenvalue weighted by molar-refractivity contribution is 6.00. The highest BCUT2D eigenvalue weighted by atomic mass is 16.2. The molecule has 0 aliphatic carbocycles. The zero-order valence-electron chi connectivity index (χ0n) is 11.6. The van der Waals surface area contributed by atoms with Gasteiger partial charge in [-0.15, -0.1) is 6.42 Å². The average Bonchev–Trinajstić information content (AvgIpc) is 2.39. The SMILES string of the molecule is C#CC(CC)N1C(=O)C(CC)(CC)NC(=O)C1C. The first-order valence-corrected chi connectivity index (χ1v) is 6.58. The first kappa shape index (κ1) is 14.6. The molecule has 1 rings (SSSR count). The van der Waals surface area contributed by atoms with Crippen LogP contribution in [0.25, 0.3) is 0 Å². The van der Waals surface area contributed by atoms with Crippen LogP contribution in [0.3, 0.4) is 0 Å². The van der Waals surface area contributed by atoms with Crippen molar-refractivity contribution in [1.29, 1.82) is 0 Å². The second-order valence-electron chi connectivity index (χ2n) is 4.76. The Bertz CT molecular complexity index is 380. The third-order valence-corrected chi connectivity index (χ3v) is 3.93. The van der Waals surface area contributed by atoms with Gasteiger partial charge in [-0.25, -0.2) is 0 Å². The van der Waals surface area contributed by atoms with E-state index in [1.807, 2.05) is 20.8 Å². The number of nitrogens with one attached hydrogen (secondary N) is 1. The van der Waals surface area contributed by atoms with Crippen molar-refractivity contribution in [3.05, 3.63) is 0 Å². The van der Waals surface area contributed by atoms with E-state index in [0.29, 0.717) is 19.3 Å². The summed E-state index contributed by atoms with van der Waals surface area (Å²) in [6, 6.07) is -0.805. The van der Waals surface area contributed by atoms with Gasteiger partial charge in [0.2, 0.25) is 11.8 Å². The Kier molecular flexibility index (Phi) is 4.39. The topological polar surface area (TPSA) is 49.4 Å². The predicted octanol–water partition coefficient (Wildman–Crippen LogP) is 1.30. The van der Waals surface area contributed by atoms with Gasteiger partial charge in [0, 0.05) is 0 Å². The van der Waals surface area contributed by atoms with Gasteiger partial charge >= 0.3 is 0 Å². The van der Waals surface area contributed by atoms with E-state index < -0.39 is 11.6 Å². The van der Waals surface area contributed by atoms with Crippen LogP contribution >= 0.6 is 0 Å². The van der Waals surface area contributed by atoms with Crippen molar-refractivity contribution in [3.8, 4) is 12.3 Å². The molecule has 4 heteroatoms. The number of hydrogen-bond acceptors (Lipinski definition) is 2. The maximum Gasteiger partial charge on any atom is 0.249 e. The highest BCUT2D eigenvalue weighted by Crippen LogP contribution is 2.27. The van der Waals surface area contributed by atoms with E-state index in [9.17, 15) is 9.59 Å². The monoisotopic (exact) mass is 250 g/mol. The van der Waals surface area contributed by atoms with E-state index >= 15 is 0 Å². The first-order valence-electron chi connectivity index (χ1n) is 6.58. The van der Waals surface area contributed by atoms with Crippen molar-refractivity contribution in [2.75, 3.05) is 0 Å². The molecule has 0 spiro atoms. The summed E-state index contributed by atoms with van der Waals surface area (Å²) in [5, 5.41) is 2.86. The van der Waals surface area contributed by atoms with Crippen molar-refractivity contribution >= 4 is 11.8 Å². The summed E-state index contributed by atoms with van der Waals surface area (Å²) in [5.41, 5.74) is -0.784. The summed E-state index contributed by atoms with van der Waals surface area (Å²) in [4.78, 5) is 26.3. The molecule has 1 N–H and O–H groups in total. The van der Waals surface area contributed by atoms with Crippen molar-refractivity contribution in [2.24, 2.45) is 0 Å². The van der Waals surface area contributed by atoms with Gasteiger partial charge in [0.25, 0.3) is 0 Å². The van der Waals surface area contributed by atoms with Crippen molar-refractivity contribution in [1.82, 2.24) is 10.2 Å². The fourth-order valence-electron chi connectivity index (χ4n) is 2.48. The molecule has 1 saturated heterocycles. The van der Waals surface area contributed by atoms with Gasteiger partial charge < -0.3 is 10.2 Å². The number of hydrogen-bond donors (Lipinski definition) is 1. The normalized spacial score (nSPS) is 24.4. The smallest absolute Gasteiger partial charge is 0.249 e. The molecular formula is C14H22N2O2. The number of carbonyl (C=O) groups is 2. The molecule has 1 aliphatic rings. The third-order valence-electron chi connectivity index (χ3n) is 3.93. The zero-order chi connectivity index (χ0) is 13.9. The van der Waals surface area contributed by atoms with Crippen LogP contribution in [-0.2, 0) is 9.59 Å². The Balaban J connectivity index is 3.19. The van der Waals surface area contributed by atoms with Crippen LogP contribution < -0.4 is 5.32 Å². The summed E-state index contributed by atoms with van der Waals surface area (Å²) in [7, 11) is 0. The van der Waals surface area contributed by atoms with Crippen LogP contribution in [0.15, 0.2) is 0 Å². The Morgan fingerprint density at radius 2 is 1.94 bits per heavy atom. The minimum Gasteiger partial charge on any atom is -0.340 e. The second-order valence-corrected chi connectivity index (χ2v) is 4.76. The Morgan fingerprint density at radius 3 is 2.33 bits per heavy atom. The van der Waals surface area contributed by atoms with E-state index in [1.54, 1.807) is 11.8 Å². The van der Waals surface area contributed by atoms with E-state index in [1.165, 1.54) is 0 Å². The molecule has 1 aliphatic heterocycles. The molecular weight excluding hydrogens is 228 g/mol. The number of piperazine rings is 1. The van der Waals surface area contributed by atoms with Gasteiger partial charge in [-0.3, -0.25) is 9.59 Å². The molecule has 0 bridgehead atoms. The number of carbonyl (C=O) groups excluding carboxylic acids is 2. The average molecular weight is 250 g/mol. The maximum atomic E-state index is 12.6. The number of terminal acetylenes is 1. The van der Waals surface area contributed by atoms with Crippen LogP contribution in [0, 0.1) is 12.3 Å². The van der Waals surface area contributed by atoms with E-state index in [0.717, 1.165) is 0 Å². The predicted molar refractivity (Wildman–Crippen MR) is 70.7 cm³/mol. The molecule has 2 unspecified atom stereocenters. The highest BCUT2D eigenvalue weighted by Gasteiger charge is 2.48. The molecule has 2 atom stereocenters. The maximum absolute atomic E-state index is 12.6. The number of rotatable bonds is 4. The van der Waals surface area contributed by atoms with Gasteiger partial charge in [-0.05, 0) is 26.2 Å². The van der Waals surface area contributed by atoms with Crippen LogP contribution in [0.2, 0.25) is 0 Å². The lowest BCUT2D eigenvalue weighted by atomic mass is 9.86. The summed E-state index contributed by atoms with van der Waals surface area (Å²) >= 11 is 0. The molecule has 0 aromatic rings. The minimum atomic E-state index is -0.784. The lowest BCUT2D eigenvalue weighted by Crippen LogP contribution is -2.70. The van der Waals surface area contributed by atoms with Gasteiger partial charge in [0.1, 0.15) is 11.6 Å². The first-order chi connectivity index (χ1) is 8.47. The molecule has 0 radical (unpaired) electrons. The zero-order valence-corrected chi connectivity index (χ0v) is 11.6. The molecule has 4 nitrogen and oxygen atoms in total. The minimum absolute atomic E-state index is 0.0515. The lowest BCUT2D eigenvalue weighted by Gasteiger charge is -2.46. The molecule has 1 heterocycles. The Morgan fingerprint density at radius 1 is 1.39 bits per heavy atom. The summed E-state index contributed by atoms with van der Waals surface area (Å²) in [5.74, 6) is 2.44. The lowest BCUT2D eigenvalue weighted by molar-refractivity contribution is -0.156. The Hall–Kier alpha value is -1.50. The van der Waals surface area contributed by atoms with E-state index in [-0.39, 0.29) is 17.9 Å². The quantitative estimate of drug-likeness (QED) is 0.765.